The largest absolute Gasteiger partial charge is 0.417 e. The number of hydrogen-bond acceptors (Lipinski definition) is 3. The number of carbonyl (C=O) groups excluding carboxylic acids is 1. The minimum absolute atomic E-state index is 0.140. The van der Waals surface area contributed by atoms with E-state index >= 15 is 0 Å². The van der Waals surface area contributed by atoms with E-state index in [0.717, 1.165) is 6.07 Å². The van der Waals surface area contributed by atoms with Gasteiger partial charge in [-0.1, -0.05) is 17.7 Å². The number of hydrazine groups is 1. The summed E-state index contributed by atoms with van der Waals surface area (Å²) in [5.41, 5.74) is 4.90. The third-order valence-electron chi connectivity index (χ3n) is 3.33. The molecule has 0 spiro atoms. The molecular formula is C13H14ClF3N2O2. The van der Waals surface area contributed by atoms with E-state index in [2.05, 4.69) is 10.9 Å². The van der Waals surface area contributed by atoms with Crippen molar-refractivity contribution in [2.75, 3.05) is 0 Å². The average molecular weight is 323 g/mol. The number of rotatable bonds is 3. The van der Waals surface area contributed by atoms with Crippen LogP contribution in [0.15, 0.2) is 18.2 Å². The summed E-state index contributed by atoms with van der Waals surface area (Å²) in [6.07, 6.45) is -4.22. The average Bonchev–Trinajstić information content (AvgIpc) is 2.39. The second-order valence-electron chi connectivity index (χ2n) is 4.93. The van der Waals surface area contributed by atoms with Gasteiger partial charge in [0.2, 0.25) is 0 Å². The van der Waals surface area contributed by atoms with Gasteiger partial charge >= 0.3 is 6.18 Å². The van der Waals surface area contributed by atoms with Crippen LogP contribution in [-0.2, 0) is 17.4 Å². The maximum Gasteiger partial charge on any atom is 0.417 e. The molecule has 1 aliphatic rings. The van der Waals surface area contributed by atoms with Crippen molar-refractivity contribution < 1.29 is 23.1 Å². The number of aliphatic hydroxyl groups is 1. The molecule has 1 fully saturated rings. The number of benzene rings is 1. The Morgan fingerprint density at radius 1 is 1.38 bits per heavy atom. The van der Waals surface area contributed by atoms with E-state index in [-0.39, 0.29) is 17.5 Å². The first-order valence-electron chi connectivity index (χ1n) is 6.36. The first-order chi connectivity index (χ1) is 9.77. The highest BCUT2D eigenvalue weighted by atomic mass is 35.5. The lowest BCUT2D eigenvalue weighted by atomic mass is 9.99. The monoisotopic (exact) mass is 322 g/mol. The minimum atomic E-state index is -4.46. The van der Waals surface area contributed by atoms with Crippen molar-refractivity contribution >= 4 is 17.5 Å². The van der Waals surface area contributed by atoms with Crippen LogP contribution in [0.5, 0.6) is 0 Å². The lowest BCUT2D eigenvalue weighted by Gasteiger charge is -2.27. The van der Waals surface area contributed by atoms with Gasteiger partial charge in [-0.3, -0.25) is 10.2 Å². The molecule has 0 saturated carbocycles. The first kappa shape index (κ1) is 16.1. The van der Waals surface area contributed by atoms with Crippen LogP contribution in [0.4, 0.5) is 13.2 Å². The molecule has 4 nitrogen and oxygen atoms in total. The molecule has 8 heteroatoms. The molecule has 2 atom stereocenters. The van der Waals surface area contributed by atoms with E-state index in [1.54, 1.807) is 0 Å². The van der Waals surface area contributed by atoms with Crippen LogP contribution in [0, 0.1) is 0 Å². The van der Waals surface area contributed by atoms with Crippen molar-refractivity contribution in [3.8, 4) is 0 Å². The summed E-state index contributed by atoms with van der Waals surface area (Å²) >= 11 is 5.65. The van der Waals surface area contributed by atoms with E-state index < -0.39 is 23.8 Å². The Kier molecular flexibility index (Phi) is 4.75. The molecule has 2 unspecified atom stereocenters. The molecule has 116 valence electrons. The van der Waals surface area contributed by atoms with Gasteiger partial charge in [-0.15, -0.1) is 0 Å². The van der Waals surface area contributed by atoms with E-state index in [0.29, 0.717) is 18.4 Å². The zero-order valence-corrected chi connectivity index (χ0v) is 11.6. The lowest BCUT2D eigenvalue weighted by Crippen LogP contribution is -2.55. The van der Waals surface area contributed by atoms with Gasteiger partial charge in [-0.05, 0) is 37.0 Å². The molecule has 0 aliphatic carbocycles. The SMILES string of the molecule is O=C1NNC(CCc2ccc(C(F)(F)F)c(Cl)c2)CC1O. The zero-order chi connectivity index (χ0) is 15.6. The Morgan fingerprint density at radius 2 is 2.10 bits per heavy atom. The van der Waals surface area contributed by atoms with E-state index in [1.165, 1.54) is 12.1 Å². The summed E-state index contributed by atoms with van der Waals surface area (Å²) in [4.78, 5) is 11.0. The van der Waals surface area contributed by atoms with Crippen LogP contribution >= 0.6 is 11.6 Å². The smallest absolute Gasteiger partial charge is 0.383 e. The van der Waals surface area contributed by atoms with Crippen LogP contribution in [0.1, 0.15) is 24.0 Å². The maximum atomic E-state index is 12.6. The second kappa shape index (κ2) is 6.21. The highest BCUT2D eigenvalue weighted by Crippen LogP contribution is 2.35. The summed E-state index contributed by atoms with van der Waals surface area (Å²) in [6.45, 7) is 0. The predicted octanol–water partition coefficient (Wildman–Crippen LogP) is 2.05. The normalized spacial score (nSPS) is 23.0. The van der Waals surface area contributed by atoms with Gasteiger partial charge in [0.15, 0.2) is 0 Å². The Balaban J connectivity index is 1.95. The third-order valence-corrected chi connectivity index (χ3v) is 3.64. The number of aryl methyl sites for hydroxylation is 1. The van der Waals surface area contributed by atoms with Gasteiger partial charge in [0.05, 0.1) is 10.6 Å². The Morgan fingerprint density at radius 3 is 2.67 bits per heavy atom. The quantitative estimate of drug-likeness (QED) is 0.798. The van der Waals surface area contributed by atoms with Crippen LogP contribution in [0.3, 0.4) is 0 Å². The molecule has 2 rings (SSSR count). The van der Waals surface area contributed by atoms with Crippen molar-refractivity contribution in [1.29, 1.82) is 0 Å². The fraction of sp³-hybridized carbons (Fsp3) is 0.462. The molecule has 0 aromatic heterocycles. The van der Waals surface area contributed by atoms with Gasteiger partial charge in [-0.25, -0.2) is 5.43 Å². The van der Waals surface area contributed by atoms with Gasteiger partial charge < -0.3 is 5.11 Å². The standard InChI is InChI=1S/C13H14ClF3N2O2/c14-10-5-7(2-4-9(10)13(15,16)17)1-3-8-6-11(20)12(21)19-18-8/h2,4-5,8,11,18,20H,1,3,6H2,(H,19,21). The molecule has 0 radical (unpaired) electrons. The number of alkyl halides is 3. The summed E-state index contributed by atoms with van der Waals surface area (Å²) in [6, 6.07) is 3.50. The molecule has 21 heavy (non-hydrogen) atoms. The molecule has 1 aromatic rings. The molecule has 1 amide bonds. The number of halogens is 4. The molecule has 1 saturated heterocycles. The van der Waals surface area contributed by atoms with Crippen molar-refractivity contribution in [1.82, 2.24) is 10.9 Å². The summed E-state index contributed by atoms with van der Waals surface area (Å²) < 4.78 is 37.7. The van der Waals surface area contributed by atoms with Gasteiger partial charge in [-0.2, -0.15) is 13.2 Å². The molecular weight excluding hydrogens is 309 g/mol. The van der Waals surface area contributed by atoms with Crippen LogP contribution in [0.25, 0.3) is 0 Å². The number of hydrogen-bond donors (Lipinski definition) is 3. The predicted molar refractivity (Wildman–Crippen MR) is 70.5 cm³/mol. The fourth-order valence-corrected chi connectivity index (χ4v) is 2.48. The van der Waals surface area contributed by atoms with Crippen LogP contribution in [-0.4, -0.2) is 23.2 Å². The number of amides is 1. The second-order valence-corrected chi connectivity index (χ2v) is 5.34. The highest BCUT2D eigenvalue weighted by molar-refractivity contribution is 6.31. The van der Waals surface area contributed by atoms with E-state index in [4.69, 9.17) is 11.6 Å². The van der Waals surface area contributed by atoms with Crippen molar-refractivity contribution in [3.63, 3.8) is 0 Å². The molecule has 1 aromatic carbocycles. The molecule has 3 N–H and O–H groups in total. The van der Waals surface area contributed by atoms with Crippen molar-refractivity contribution in [2.45, 2.75) is 37.6 Å². The van der Waals surface area contributed by atoms with E-state index in [9.17, 15) is 23.1 Å². The number of aliphatic hydroxyl groups excluding tert-OH is 1. The third kappa shape index (κ3) is 4.09. The van der Waals surface area contributed by atoms with Gasteiger partial charge in [0.25, 0.3) is 5.91 Å². The Labute approximate surface area is 124 Å². The molecule has 1 aliphatic heterocycles. The molecule has 0 bridgehead atoms. The first-order valence-corrected chi connectivity index (χ1v) is 6.74. The topological polar surface area (TPSA) is 61.4 Å². The van der Waals surface area contributed by atoms with Crippen LogP contribution < -0.4 is 10.9 Å². The van der Waals surface area contributed by atoms with Crippen LogP contribution in [0.2, 0.25) is 5.02 Å². The van der Waals surface area contributed by atoms with Gasteiger partial charge in [0, 0.05) is 6.04 Å². The Hall–Kier alpha value is -1.31. The number of nitrogens with one attached hydrogen (secondary N) is 2. The Bertz CT molecular complexity index is 537. The summed E-state index contributed by atoms with van der Waals surface area (Å²) in [5, 5.41) is 9.09. The van der Waals surface area contributed by atoms with E-state index in [1.807, 2.05) is 0 Å². The van der Waals surface area contributed by atoms with Gasteiger partial charge in [0.1, 0.15) is 6.10 Å². The van der Waals surface area contributed by atoms with Crippen molar-refractivity contribution in [2.24, 2.45) is 0 Å². The fourth-order valence-electron chi connectivity index (χ4n) is 2.17. The highest BCUT2D eigenvalue weighted by Gasteiger charge is 2.33. The zero-order valence-electron chi connectivity index (χ0n) is 10.9. The minimum Gasteiger partial charge on any atom is -0.383 e. The number of carbonyl (C=O) groups is 1. The lowest BCUT2D eigenvalue weighted by molar-refractivity contribution is -0.137. The van der Waals surface area contributed by atoms with Crippen molar-refractivity contribution in [3.05, 3.63) is 34.3 Å². The summed E-state index contributed by atoms with van der Waals surface area (Å²) in [7, 11) is 0. The molecule has 1 heterocycles. The summed E-state index contributed by atoms with van der Waals surface area (Å²) in [5.74, 6) is -0.483. The maximum absolute atomic E-state index is 12.6.